The number of carbonyl (C=O) groups excluding carboxylic acids is 1. The lowest BCUT2D eigenvalue weighted by atomic mass is 10.3. The van der Waals surface area contributed by atoms with Crippen LogP contribution >= 0.6 is 11.8 Å². The van der Waals surface area contributed by atoms with E-state index in [1.807, 2.05) is 29.7 Å². The number of benzene rings is 1. The Labute approximate surface area is 134 Å². The quantitative estimate of drug-likeness (QED) is 0.829. The van der Waals surface area contributed by atoms with Crippen LogP contribution in [0.4, 0.5) is 5.69 Å². The summed E-state index contributed by atoms with van der Waals surface area (Å²) in [7, 11) is 1.60. The predicted octanol–water partition coefficient (Wildman–Crippen LogP) is 2.91. The van der Waals surface area contributed by atoms with E-state index in [-0.39, 0.29) is 17.7 Å². The zero-order valence-corrected chi connectivity index (χ0v) is 14.0. The van der Waals surface area contributed by atoms with E-state index in [0.717, 1.165) is 11.0 Å². The van der Waals surface area contributed by atoms with Crippen LogP contribution in [0.3, 0.4) is 0 Å². The van der Waals surface area contributed by atoms with Gasteiger partial charge in [-0.15, -0.1) is 10.2 Å². The number of amides is 1. The first kappa shape index (κ1) is 16.4. The number of anilines is 1. The van der Waals surface area contributed by atoms with Crippen molar-refractivity contribution in [1.29, 1.82) is 0 Å². The molecule has 0 aliphatic rings. The summed E-state index contributed by atoms with van der Waals surface area (Å²) in [4.78, 5) is 12.0. The maximum atomic E-state index is 12.0. The van der Waals surface area contributed by atoms with Crippen LogP contribution in [0.1, 0.15) is 25.7 Å². The van der Waals surface area contributed by atoms with E-state index in [4.69, 9.17) is 4.74 Å². The molecule has 2 rings (SSSR count). The summed E-state index contributed by atoms with van der Waals surface area (Å²) in [5, 5.41) is 11.8. The second kappa shape index (κ2) is 7.31. The Kier molecular flexibility index (Phi) is 5.43. The van der Waals surface area contributed by atoms with Crippen molar-refractivity contribution in [3.63, 3.8) is 0 Å². The second-order valence-corrected chi connectivity index (χ2v) is 6.00. The van der Waals surface area contributed by atoms with Gasteiger partial charge in [0.15, 0.2) is 5.16 Å². The molecule has 1 aromatic carbocycles. The molecule has 0 unspecified atom stereocenters. The van der Waals surface area contributed by atoms with Crippen LogP contribution in [0, 0.1) is 6.92 Å². The summed E-state index contributed by atoms with van der Waals surface area (Å²) >= 11 is 1.38. The Morgan fingerprint density at radius 1 is 1.41 bits per heavy atom. The summed E-state index contributed by atoms with van der Waals surface area (Å²) < 4.78 is 7.15. The monoisotopic (exact) mass is 320 g/mol. The van der Waals surface area contributed by atoms with Gasteiger partial charge in [-0.3, -0.25) is 4.79 Å². The maximum absolute atomic E-state index is 12.0. The van der Waals surface area contributed by atoms with Gasteiger partial charge in [-0.2, -0.15) is 0 Å². The van der Waals surface area contributed by atoms with E-state index in [1.54, 1.807) is 13.2 Å². The number of aryl methyl sites for hydroxylation is 1. The normalized spacial score (nSPS) is 10.8. The summed E-state index contributed by atoms with van der Waals surface area (Å²) in [5.74, 6) is 1.75. The van der Waals surface area contributed by atoms with Crippen molar-refractivity contribution in [3.05, 3.63) is 30.1 Å². The maximum Gasteiger partial charge on any atom is 0.234 e. The van der Waals surface area contributed by atoms with Crippen LogP contribution in [0.2, 0.25) is 0 Å². The lowest BCUT2D eigenvalue weighted by Gasteiger charge is -2.11. The number of hydrogen-bond donors (Lipinski definition) is 1. The van der Waals surface area contributed by atoms with Crippen molar-refractivity contribution >= 4 is 23.4 Å². The highest BCUT2D eigenvalue weighted by atomic mass is 32.2. The number of carbonyl (C=O) groups is 1. The zero-order chi connectivity index (χ0) is 16.1. The SMILES string of the molecule is COc1cccc(NC(=O)CSc2nnc(C)n2C(C)C)c1. The van der Waals surface area contributed by atoms with Crippen LogP contribution in [-0.4, -0.2) is 33.5 Å². The van der Waals surface area contributed by atoms with Gasteiger partial charge in [0.25, 0.3) is 0 Å². The topological polar surface area (TPSA) is 69.0 Å². The van der Waals surface area contributed by atoms with E-state index in [0.29, 0.717) is 11.4 Å². The van der Waals surface area contributed by atoms with E-state index in [2.05, 4.69) is 29.4 Å². The Bertz CT molecular complexity index is 655. The fraction of sp³-hybridized carbons (Fsp3) is 0.400. The van der Waals surface area contributed by atoms with Gasteiger partial charge in [0, 0.05) is 17.8 Å². The molecule has 0 fully saturated rings. The molecule has 22 heavy (non-hydrogen) atoms. The van der Waals surface area contributed by atoms with Gasteiger partial charge in [0.1, 0.15) is 11.6 Å². The molecule has 1 aromatic heterocycles. The first-order valence-corrected chi connectivity index (χ1v) is 7.98. The highest BCUT2D eigenvalue weighted by Crippen LogP contribution is 2.22. The molecule has 0 bridgehead atoms. The molecule has 0 saturated carbocycles. The summed E-state index contributed by atoms with van der Waals surface area (Å²) in [5.41, 5.74) is 0.714. The van der Waals surface area contributed by atoms with Gasteiger partial charge in [0.2, 0.25) is 5.91 Å². The van der Waals surface area contributed by atoms with Gasteiger partial charge in [-0.25, -0.2) is 0 Å². The predicted molar refractivity (Wildman–Crippen MR) is 87.5 cm³/mol. The minimum Gasteiger partial charge on any atom is -0.497 e. The first-order valence-electron chi connectivity index (χ1n) is 6.99. The van der Waals surface area contributed by atoms with Crippen LogP contribution in [0.25, 0.3) is 0 Å². The van der Waals surface area contributed by atoms with Crippen LogP contribution < -0.4 is 10.1 Å². The number of ether oxygens (including phenoxy) is 1. The molecule has 2 aromatic rings. The highest BCUT2D eigenvalue weighted by molar-refractivity contribution is 7.99. The van der Waals surface area contributed by atoms with Crippen molar-refractivity contribution in [1.82, 2.24) is 14.8 Å². The summed E-state index contributed by atoms with van der Waals surface area (Å²) in [6.45, 7) is 6.04. The number of rotatable bonds is 6. The molecule has 1 amide bonds. The number of nitrogens with zero attached hydrogens (tertiary/aromatic N) is 3. The summed E-state index contributed by atoms with van der Waals surface area (Å²) in [6, 6.07) is 7.53. The molecule has 0 spiro atoms. The average molecular weight is 320 g/mol. The van der Waals surface area contributed by atoms with E-state index in [9.17, 15) is 4.79 Å². The van der Waals surface area contributed by atoms with Crippen molar-refractivity contribution in [2.24, 2.45) is 0 Å². The third-order valence-electron chi connectivity index (χ3n) is 3.04. The third kappa shape index (κ3) is 4.00. The minimum absolute atomic E-state index is 0.0887. The second-order valence-electron chi connectivity index (χ2n) is 5.06. The van der Waals surface area contributed by atoms with Crippen molar-refractivity contribution < 1.29 is 9.53 Å². The van der Waals surface area contributed by atoms with Crippen molar-refractivity contribution in [2.45, 2.75) is 32.0 Å². The largest absolute Gasteiger partial charge is 0.497 e. The summed E-state index contributed by atoms with van der Waals surface area (Å²) in [6.07, 6.45) is 0. The smallest absolute Gasteiger partial charge is 0.234 e. The van der Waals surface area contributed by atoms with E-state index >= 15 is 0 Å². The molecular formula is C15H20N4O2S. The first-order chi connectivity index (χ1) is 10.5. The molecule has 1 heterocycles. The number of nitrogens with one attached hydrogen (secondary N) is 1. The molecule has 6 nitrogen and oxygen atoms in total. The molecule has 118 valence electrons. The number of methoxy groups -OCH3 is 1. The Balaban J connectivity index is 1.95. The zero-order valence-electron chi connectivity index (χ0n) is 13.2. The Morgan fingerprint density at radius 2 is 2.18 bits per heavy atom. The van der Waals surface area contributed by atoms with Gasteiger partial charge in [-0.1, -0.05) is 17.8 Å². The average Bonchev–Trinajstić information content (AvgIpc) is 2.86. The van der Waals surface area contributed by atoms with E-state index in [1.165, 1.54) is 11.8 Å². The van der Waals surface area contributed by atoms with Gasteiger partial charge >= 0.3 is 0 Å². The van der Waals surface area contributed by atoms with Crippen LogP contribution in [0.5, 0.6) is 5.75 Å². The molecule has 1 N–H and O–H groups in total. The molecular weight excluding hydrogens is 300 g/mol. The lowest BCUT2D eigenvalue weighted by Crippen LogP contribution is -2.15. The van der Waals surface area contributed by atoms with E-state index < -0.39 is 0 Å². The van der Waals surface area contributed by atoms with Gasteiger partial charge < -0.3 is 14.6 Å². The highest BCUT2D eigenvalue weighted by Gasteiger charge is 2.14. The Morgan fingerprint density at radius 3 is 2.86 bits per heavy atom. The van der Waals surface area contributed by atoms with Gasteiger partial charge in [-0.05, 0) is 32.9 Å². The molecule has 0 aliphatic heterocycles. The molecule has 0 radical (unpaired) electrons. The fourth-order valence-electron chi connectivity index (χ4n) is 2.07. The lowest BCUT2D eigenvalue weighted by molar-refractivity contribution is -0.113. The third-order valence-corrected chi connectivity index (χ3v) is 3.98. The minimum atomic E-state index is -0.0887. The van der Waals surface area contributed by atoms with Crippen molar-refractivity contribution in [3.8, 4) is 5.75 Å². The molecule has 7 heteroatoms. The van der Waals surface area contributed by atoms with Crippen molar-refractivity contribution in [2.75, 3.05) is 18.2 Å². The fourth-order valence-corrected chi connectivity index (χ4v) is 2.98. The van der Waals surface area contributed by atoms with Gasteiger partial charge in [0.05, 0.1) is 12.9 Å². The van der Waals surface area contributed by atoms with Crippen LogP contribution in [0.15, 0.2) is 29.4 Å². The molecule has 0 saturated heterocycles. The van der Waals surface area contributed by atoms with Crippen LogP contribution in [-0.2, 0) is 4.79 Å². The number of thioether (sulfide) groups is 1. The Hall–Kier alpha value is -2.02. The molecule has 0 atom stereocenters. The number of hydrogen-bond acceptors (Lipinski definition) is 5. The standard InChI is InChI=1S/C15H20N4O2S/c1-10(2)19-11(3)17-18-15(19)22-9-14(20)16-12-6-5-7-13(8-12)21-4/h5-8,10H,9H2,1-4H3,(H,16,20). The molecule has 0 aliphatic carbocycles. The number of aromatic nitrogens is 3.